The van der Waals surface area contributed by atoms with Crippen molar-refractivity contribution in [2.24, 2.45) is 0 Å². The fraction of sp³-hybridized carbons (Fsp3) is 0.542. The molecule has 2 aliphatic heterocycles. The number of hydrogen-bond acceptors (Lipinski definition) is 6. The Balaban J connectivity index is 1.34. The highest BCUT2D eigenvalue weighted by Crippen LogP contribution is 2.36. The van der Waals surface area contributed by atoms with Crippen LogP contribution >= 0.6 is 0 Å². The zero-order valence-electron chi connectivity index (χ0n) is 19.0. The van der Waals surface area contributed by atoms with Gasteiger partial charge in [-0.3, -0.25) is 4.79 Å². The van der Waals surface area contributed by atoms with Crippen molar-refractivity contribution in [2.45, 2.75) is 64.1 Å². The van der Waals surface area contributed by atoms with Crippen LogP contribution in [0.2, 0.25) is 0 Å². The van der Waals surface area contributed by atoms with Gasteiger partial charge in [0.2, 0.25) is 5.91 Å². The van der Waals surface area contributed by atoms with E-state index in [1.807, 2.05) is 11.8 Å². The van der Waals surface area contributed by atoms with Gasteiger partial charge in [-0.05, 0) is 31.9 Å². The van der Waals surface area contributed by atoms with E-state index in [0.29, 0.717) is 44.9 Å². The van der Waals surface area contributed by atoms with Gasteiger partial charge in [-0.2, -0.15) is 0 Å². The van der Waals surface area contributed by atoms with Crippen molar-refractivity contribution in [3.63, 3.8) is 0 Å². The van der Waals surface area contributed by atoms with Gasteiger partial charge in [0.25, 0.3) is 0 Å². The number of halogens is 2. The second-order valence-electron chi connectivity index (χ2n) is 9.16. The first-order chi connectivity index (χ1) is 15.9. The van der Waals surface area contributed by atoms with Gasteiger partial charge in [-0.15, -0.1) is 0 Å². The summed E-state index contributed by atoms with van der Waals surface area (Å²) in [6.45, 7) is 5.62. The average Bonchev–Trinajstić information content (AvgIpc) is 3.60. The Kier molecular flexibility index (Phi) is 5.80. The van der Waals surface area contributed by atoms with Crippen LogP contribution in [0, 0.1) is 11.6 Å². The second-order valence-corrected chi connectivity index (χ2v) is 9.16. The Hall–Kier alpha value is -2.97. The van der Waals surface area contributed by atoms with Crippen LogP contribution in [-0.2, 0) is 11.2 Å². The number of nitrogens with one attached hydrogen (secondary N) is 1. The summed E-state index contributed by atoms with van der Waals surface area (Å²) in [6, 6.07) is 3.71. The van der Waals surface area contributed by atoms with Crippen LogP contribution < -0.4 is 15.0 Å². The van der Waals surface area contributed by atoms with Crippen LogP contribution in [0.4, 0.5) is 20.4 Å². The molecule has 3 aliphatic rings. The number of benzene rings is 1. The lowest BCUT2D eigenvalue weighted by Crippen LogP contribution is -2.41. The molecule has 1 N–H and O–H groups in total. The van der Waals surface area contributed by atoms with Crippen molar-refractivity contribution in [3.05, 3.63) is 41.2 Å². The first-order valence-corrected chi connectivity index (χ1v) is 11.7. The SMILES string of the molecule is CC(=O)N1CCc2nc(NC3CC3)c(N3CCC(Oc4ccc(F)cc4F)CC3)nc2C1C. The van der Waals surface area contributed by atoms with Gasteiger partial charge in [0, 0.05) is 57.9 Å². The van der Waals surface area contributed by atoms with Gasteiger partial charge in [0.05, 0.1) is 17.4 Å². The predicted octanol–water partition coefficient (Wildman–Crippen LogP) is 3.84. The number of carbonyl (C=O) groups excluding carboxylic acids is 1. The van der Waals surface area contributed by atoms with E-state index in [1.54, 1.807) is 6.92 Å². The van der Waals surface area contributed by atoms with E-state index in [2.05, 4.69) is 10.2 Å². The van der Waals surface area contributed by atoms with Crippen molar-refractivity contribution in [3.8, 4) is 5.75 Å². The van der Waals surface area contributed by atoms with E-state index in [4.69, 9.17) is 14.7 Å². The molecule has 2 fully saturated rings. The minimum absolute atomic E-state index is 0.0441. The van der Waals surface area contributed by atoms with Crippen LogP contribution in [0.15, 0.2) is 18.2 Å². The number of hydrogen-bond donors (Lipinski definition) is 1. The molecule has 0 radical (unpaired) electrons. The molecule has 2 aromatic rings. The van der Waals surface area contributed by atoms with E-state index in [9.17, 15) is 13.6 Å². The standard InChI is InChI=1S/C24H29F2N5O2/c1-14-22-20(9-12-31(14)15(2)32)28-23(27-17-4-5-17)24(29-22)30-10-7-18(8-11-30)33-21-6-3-16(25)13-19(21)26/h3,6,13-14,17-18H,4-5,7-12H2,1-2H3,(H,27,28). The molecule has 1 amide bonds. The van der Waals surface area contributed by atoms with E-state index < -0.39 is 11.6 Å². The molecule has 0 spiro atoms. The number of fused-ring (bicyclic) bond motifs is 1. The molecular formula is C24H29F2N5O2. The number of rotatable bonds is 5. The summed E-state index contributed by atoms with van der Waals surface area (Å²) in [5.74, 6) is 0.445. The largest absolute Gasteiger partial charge is 0.487 e. The molecule has 5 rings (SSSR count). The highest BCUT2D eigenvalue weighted by molar-refractivity contribution is 5.74. The van der Waals surface area contributed by atoms with Gasteiger partial charge >= 0.3 is 0 Å². The fourth-order valence-electron chi connectivity index (χ4n) is 4.66. The van der Waals surface area contributed by atoms with Crippen LogP contribution in [-0.4, -0.2) is 52.6 Å². The van der Waals surface area contributed by atoms with E-state index in [1.165, 1.54) is 12.1 Å². The monoisotopic (exact) mass is 457 g/mol. The zero-order chi connectivity index (χ0) is 23.1. The number of ether oxygens (including phenoxy) is 1. The number of carbonyl (C=O) groups is 1. The van der Waals surface area contributed by atoms with Crippen LogP contribution in [0.3, 0.4) is 0 Å². The molecular weight excluding hydrogens is 428 g/mol. The second kappa shape index (κ2) is 8.76. The molecule has 7 nitrogen and oxygen atoms in total. The summed E-state index contributed by atoms with van der Waals surface area (Å²) in [6.07, 6.45) is 4.18. The number of amides is 1. The molecule has 9 heteroatoms. The molecule has 33 heavy (non-hydrogen) atoms. The molecule has 1 aliphatic carbocycles. The van der Waals surface area contributed by atoms with Gasteiger partial charge in [0.15, 0.2) is 23.2 Å². The van der Waals surface area contributed by atoms with Gasteiger partial charge in [-0.25, -0.2) is 18.7 Å². The molecule has 1 saturated carbocycles. The van der Waals surface area contributed by atoms with Gasteiger partial charge in [-0.1, -0.05) is 0 Å². The van der Waals surface area contributed by atoms with Crippen LogP contribution in [0.25, 0.3) is 0 Å². The summed E-state index contributed by atoms with van der Waals surface area (Å²) < 4.78 is 33.0. The maximum atomic E-state index is 14.0. The molecule has 1 unspecified atom stereocenters. The number of aromatic nitrogens is 2. The first-order valence-electron chi connectivity index (χ1n) is 11.7. The fourth-order valence-corrected chi connectivity index (χ4v) is 4.66. The molecule has 1 aromatic carbocycles. The summed E-state index contributed by atoms with van der Waals surface area (Å²) >= 11 is 0. The molecule has 176 valence electrons. The highest BCUT2D eigenvalue weighted by Gasteiger charge is 2.33. The Morgan fingerprint density at radius 2 is 1.88 bits per heavy atom. The molecule has 3 heterocycles. The average molecular weight is 458 g/mol. The number of anilines is 2. The topological polar surface area (TPSA) is 70.6 Å². The summed E-state index contributed by atoms with van der Waals surface area (Å²) in [5, 5.41) is 3.53. The predicted molar refractivity (Wildman–Crippen MR) is 120 cm³/mol. The third-order valence-corrected chi connectivity index (χ3v) is 6.69. The maximum absolute atomic E-state index is 14.0. The van der Waals surface area contributed by atoms with Crippen LogP contribution in [0.5, 0.6) is 5.75 Å². The summed E-state index contributed by atoms with van der Waals surface area (Å²) in [5.41, 5.74) is 1.82. The van der Waals surface area contributed by atoms with Crippen molar-refractivity contribution >= 4 is 17.5 Å². The Bertz CT molecular complexity index is 1050. The Labute approximate surface area is 192 Å². The van der Waals surface area contributed by atoms with Crippen molar-refractivity contribution < 1.29 is 18.3 Å². The van der Waals surface area contributed by atoms with Crippen LogP contribution in [0.1, 0.15) is 57.0 Å². The zero-order valence-corrected chi connectivity index (χ0v) is 19.0. The maximum Gasteiger partial charge on any atom is 0.220 e. The molecule has 1 saturated heterocycles. The van der Waals surface area contributed by atoms with Crippen molar-refractivity contribution in [1.82, 2.24) is 14.9 Å². The smallest absolute Gasteiger partial charge is 0.220 e. The third kappa shape index (κ3) is 4.58. The quantitative estimate of drug-likeness (QED) is 0.736. The normalized spacial score (nSPS) is 21.0. The lowest BCUT2D eigenvalue weighted by molar-refractivity contribution is -0.131. The molecule has 0 bridgehead atoms. The Morgan fingerprint density at radius 1 is 1.12 bits per heavy atom. The highest BCUT2D eigenvalue weighted by atomic mass is 19.1. The van der Waals surface area contributed by atoms with E-state index in [-0.39, 0.29) is 23.8 Å². The van der Waals surface area contributed by atoms with Gasteiger partial charge in [0.1, 0.15) is 11.9 Å². The Morgan fingerprint density at radius 3 is 2.55 bits per heavy atom. The van der Waals surface area contributed by atoms with E-state index in [0.717, 1.165) is 41.9 Å². The lowest BCUT2D eigenvalue weighted by atomic mass is 10.0. The first kappa shape index (κ1) is 21.9. The summed E-state index contributed by atoms with van der Waals surface area (Å²) in [7, 11) is 0. The van der Waals surface area contributed by atoms with Crippen molar-refractivity contribution in [2.75, 3.05) is 29.9 Å². The molecule has 1 atom stereocenters. The minimum Gasteiger partial charge on any atom is -0.487 e. The van der Waals surface area contributed by atoms with E-state index >= 15 is 0 Å². The van der Waals surface area contributed by atoms with Crippen molar-refractivity contribution in [1.29, 1.82) is 0 Å². The lowest BCUT2D eigenvalue weighted by Gasteiger charge is -2.37. The molecule has 1 aromatic heterocycles. The minimum atomic E-state index is -0.682. The third-order valence-electron chi connectivity index (χ3n) is 6.69. The van der Waals surface area contributed by atoms with Gasteiger partial charge < -0.3 is 19.9 Å². The number of nitrogens with zero attached hydrogens (tertiary/aromatic N) is 4. The number of piperidine rings is 1. The summed E-state index contributed by atoms with van der Waals surface area (Å²) in [4.78, 5) is 26.1.